The molecule has 2 N–H and O–H groups in total. The molecule has 4 heterocycles. The lowest BCUT2D eigenvalue weighted by Gasteiger charge is -1.95. The number of rotatable bonds is 0. The van der Waals surface area contributed by atoms with Gasteiger partial charge in [-0.1, -0.05) is 36.4 Å². The van der Waals surface area contributed by atoms with Crippen LogP contribution in [0.2, 0.25) is 0 Å². The molecule has 6 nitrogen and oxygen atoms in total. The van der Waals surface area contributed by atoms with Crippen molar-refractivity contribution in [1.29, 1.82) is 0 Å². The summed E-state index contributed by atoms with van der Waals surface area (Å²) in [4.78, 5) is 22.2. The van der Waals surface area contributed by atoms with Crippen molar-refractivity contribution in [1.82, 2.24) is 29.9 Å². The van der Waals surface area contributed by atoms with Gasteiger partial charge in [-0.3, -0.25) is 9.97 Å². The lowest BCUT2D eigenvalue weighted by Crippen LogP contribution is -1.79. The fraction of sp³-hybridized carbons (Fsp3) is 0. The highest BCUT2D eigenvalue weighted by Crippen LogP contribution is 2.19. The molecule has 0 saturated carbocycles. The molecule has 0 amide bonds. The largest absolute Gasteiger partial charge is 0.351 e. The summed E-state index contributed by atoms with van der Waals surface area (Å²) in [6.07, 6.45) is 10.4. The van der Waals surface area contributed by atoms with Gasteiger partial charge in [0.15, 0.2) is 0 Å². The molecule has 0 radical (unpaired) electrons. The Bertz CT molecular complexity index is 1190. The number of nitrogens with one attached hydrogen (secondary N) is 2. The van der Waals surface area contributed by atoms with Gasteiger partial charge in [0.25, 0.3) is 0 Å². The van der Waals surface area contributed by atoms with Gasteiger partial charge in [-0.25, -0.2) is 9.97 Å². The molecular weight excluding hydrogens is 348 g/mol. The zero-order chi connectivity index (χ0) is 19.0. The lowest BCUT2D eigenvalue weighted by atomic mass is 10.2. The van der Waals surface area contributed by atoms with Crippen molar-refractivity contribution < 1.29 is 0 Å². The van der Waals surface area contributed by atoms with Crippen LogP contribution in [0.3, 0.4) is 0 Å². The van der Waals surface area contributed by atoms with Crippen LogP contribution in [0.15, 0.2) is 98.1 Å². The van der Waals surface area contributed by atoms with Gasteiger partial charge < -0.3 is 9.97 Å². The second kappa shape index (κ2) is 8.55. The highest BCUT2D eigenvalue weighted by atomic mass is 14.9. The van der Waals surface area contributed by atoms with Gasteiger partial charge in [0.1, 0.15) is 5.52 Å². The minimum Gasteiger partial charge on any atom is -0.351 e. The Kier molecular flexibility index (Phi) is 5.30. The molecule has 0 saturated heterocycles. The molecule has 0 aliphatic heterocycles. The van der Waals surface area contributed by atoms with Gasteiger partial charge in [-0.05, 0) is 24.3 Å². The Morgan fingerprint density at radius 1 is 0.607 bits per heavy atom. The summed E-state index contributed by atoms with van der Waals surface area (Å²) in [6, 6.07) is 20.1. The third kappa shape index (κ3) is 4.02. The van der Waals surface area contributed by atoms with E-state index in [1.807, 2.05) is 54.7 Å². The third-order valence-corrected chi connectivity index (χ3v) is 4.08. The van der Waals surface area contributed by atoms with Crippen molar-refractivity contribution in [3.05, 3.63) is 98.1 Å². The first-order valence-electron chi connectivity index (χ1n) is 8.81. The van der Waals surface area contributed by atoms with E-state index in [4.69, 9.17) is 0 Å². The molecule has 0 atom stereocenters. The number of hydrogen-bond acceptors (Lipinski definition) is 4. The maximum atomic E-state index is 4.30. The highest BCUT2D eigenvalue weighted by molar-refractivity contribution is 6.01. The van der Waals surface area contributed by atoms with Crippen LogP contribution in [0, 0.1) is 0 Å². The Balaban J connectivity index is 0.000000113. The molecule has 2 aromatic carbocycles. The summed E-state index contributed by atoms with van der Waals surface area (Å²) >= 11 is 0. The molecule has 0 aliphatic rings. The summed E-state index contributed by atoms with van der Waals surface area (Å²) in [5.41, 5.74) is 4.00. The summed E-state index contributed by atoms with van der Waals surface area (Å²) in [5, 5.41) is 2.33. The van der Waals surface area contributed by atoms with E-state index in [1.165, 1.54) is 5.39 Å². The molecule has 0 bridgehead atoms. The van der Waals surface area contributed by atoms with Crippen molar-refractivity contribution in [2.75, 3.05) is 0 Å². The molecule has 0 aliphatic carbocycles. The zero-order valence-corrected chi connectivity index (χ0v) is 15.0. The van der Waals surface area contributed by atoms with Crippen LogP contribution in [0.25, 0.3) is 32.8 Å². The Labute approximate surface area is 161 Å². The van der Waals surface area contributed by atoms with Crippen LogP contribution in [-0.4, -0.2) is 29.9 Å². The smallest absolute Gasteiger partial charge is 0.114 e. The van der Waals surface area contributed by atoms with Crippen LogP contribution >= 0.6 is 0 Å². The molecule has 0 unspecified atom stereocenters. The van der Waals surface area contributed by atoms with Crippen LogP contribution in [0.1, 0.15) is 0 Å². The molecule has 28 heavy (non-hydrogen) atoms. The Morgan fingerprint density at radius 2 is 1.43 bits per heavy atom. The molecule has 136 valence electrons. The Hall–Kier alpha value is -4.06. The number of imidazole rings is 2. The van der Waals surface area contributed by atoms with Crippen molar-refractivity contribution >= 4 is 32.8 Å². The van der Waals surface area contributed by atoms with Crippen LogP contribution in [-0.2, 0) is 0 Å². The number of H-pyrrole nitrogens is 2. The Morgan fingerprint density at radius 3 is 2.21 bits per heavy atom. The van der Waals surface area contributed by atoms with Crippen LogP contribution < -0.4 is 0 Å². The topological polar surface area (TPSA) is 83.1 Å². The normalized spacial score (nSPS) is 10.1. The van der Waals surface area contributed by atoms with Crippen molar-refractivity contribution in [3.8, 4) is 0 Å². The van der Waals surface area contributed by atoms with E-state index < -0.39 is 0 Å². The van der Waals surface area contributed by atoms with E-state index >= 15 is 0 Å². The minimum atomic E-state index is 0.943. The number of benzene rings is 2. The lowest BCUT2D eigenvalue weighted by molar-refractivity contribution is 1.31. The quantitative estimate of drug-likeness (QED) is 0.406. The summed E-state index contributed by atoms with van der Waals surface area (Å²) < 4.78 is 0. The molecule has 6 rings (SSSR count). The number of aromatic nitrogens is 6. The number of hydrogen-bond donors (Lipinski definition) is 2. The van der Waals surface area contributed by atoms with E-state index in [0.717, 1.165) is 27.5 Å². The first-order valence-corrected chi connectivity index (χ1v) is 8.81. The van der Waals surface area contributed by atoms with Crippen molar-refractivity contribution in [3.63, 3.8) is 0 Å². The van der Waals surface area contributed by atoms with Crippen LogP contribution in [0.5, 0.6) is 0 Å². The average Bonchev–Trinajstić information content (AvgIpc) is 3.49. The standard InChI is InChI=1S/C10H7N3.C9H7N.C3H4N2/c1-2-7-3-4-8-10(13-6-12-8)9(7)11-5-1;1-2-6-9-8(4-1)5-3-7-10-9;1-2-5-3-4-1/h1-6H,(H,12,13);1-7H;1-3H,(H,4,5). The second-order valence-corrected chi connectivity index (χ2v) is 5.90. The number of nitrogens with zero attached hydrogens (tertiary/aromatic N) is 4. The first kappa shape index (κ1) is 17.4. The average molecular weight is 366 g/mol. The molecule has 4 aromatic heterocycles. The van der Waals surface area contributed by atoms with Gasteiger partial charge in [-0.2, -0.15) is 0 Å². The monoisotopic (exact) mass is 366 g/mol. The number of pyridine rings is 2. The SMILES string of the molecule is c1c[nH]cn1.c1ccc2ncccc2c1.c1cnc2c(c1)ccc1[nH]cnc12. The maximum Gasteiger partial charge on any atom is 0.114 e. The van der Waals surface area contributed by atoms with Crippen molar-refractivity contribution in [2.24, 2.45) is 0 Å². The minimum absolute atomic E-state index is 0.943. The maximum absolute atomic E-state index is 4.30. The van der Waals surface area contributed by atoms with E-state index in [-0.39, 0.29) is 0 Å². The van der Waals surface area contributed by atoms with Gasteiger partial charge in [-0.15, -0.1) is 0 Å². The van der Waals surface area contributed by atoms with Gasteiger partial charge >= 0.3 is 0 Å². The van der Waals surface area contributed by atoms with Gasteiger partial charge in [0.05, 0.1) is 29.2 Å². The summed E-state index contributed by atoms with van der Waals surface area (Å²) in [7, 11) is 0. The van der Waals surface area contributed by atoms with Crippen LogP contribution in [0.4, 0.5) is 0 Å². The fourth-order valence-electron chi connectivity index (χ4n) is 2.77. The van der Waals surface area contributed by atoms with Crippen molar-refractivity contribution in [2.45, 2.75) is 0 Å². The summed E-state index contributed by atoms with van der Waals surface area (Å²) in [5.74, 6) is 0. The number of para-hydroxylation sites is 1. The zero-order valence-electron chi connectivity index (χ0n) is 15.0. The van der Waals surface area contributed by atoms with E-state index in [9.17, 15) is 0 Å². The molecule has 0 fully saturated rings. The number of fused-ring (bicyclic) bond motifs is 4. The third-order valence-electron chi connectivity index (χ3n) is 4.08. The summed E-state index contributed by atoms with van der Waals surface area (Å²) in [6.45, 7) is 0. The highest BCUT2D eigenvalue weighted by Gasteiger charge is 2.01. The number of aromatic amines is 2. The molecule has 0 spiro atoms. The predicted octanol–water partition coefficient (Wildman–Crippen LogP) is 4.76. The van der Waals surface area contributed by atoms with E-state index in [1.54, 1.807) is 31.2 Å². The first-order chi connectivity index (χ1) is 13.9. The van der Waals surface area contributed by atoms with Gasteiger partial charge in [0, 0.05) is 35.6 Å². The van der Waals surface area contributed by atoms with E-state index in [2.05, 4.69) is 42.0 Å². The fourth-order valence-corrected chi connectivity index (χ4v) is 2.77. The molecular formula is C22H18N6. The second-order valence-electron chi connectivity index (χ2n) is 5.90. The molecule has 6 aromatic rings. The predicted molar refractivity (Wildman–Crippen MR) is 112 cm³/mol. The van der Waals surface area contributed by atoms with Gasteiger partial charge in [0.2, 0.25) is 0 Å². The van der Waals surface area contributed by atoms with E-state index in [0.29, 0.717) is 0 Å². The molecule has 6 heteroatoms.